The highest BCUT2D eigenvalue weighted by Crippen LogP contribution is 2.33. The van der Waals surface area contributed by atoms with E-state index in [2.05, 4.69) is 0 Å². The Labute approximate surface area is 127 Å². The highest BCUT2D eigenvalue weighted by molar-refractivity contribution is 5.89. The minimum atomic E-state index is -2.15. The Balaban J connectivity index is 3.43. The first-order valence-corrected chi connectivity index (χ1v) is 6.45. The first-order chi connectivity index (χ1) is 9.97. The van der Waals surface area contributed by atoms with Gasteiger partial charge in [-0.3, -0.25) is 14.9 Å². The number of carboxylic acids is 1. The maximum absolute atomic E-state index is 12.4. The fourth-order valence-corrected chi connectivity index (χ4v) is 1.90. The van der Waals surface area contributed by atoms with E-state index in [1.807, 2.05) is 0 Å². The van der Waals surface area contributed by atoms with Gasteiger partial charge in [0.25, 0.3) is 5.69 Å². The summed E-state index contributed by atoms with van der Waals surface area (Å²) in [5.41, 5.74) is 2.26. The molecule has 1 atom stereocenters. The van der Waals surface area contributed by atoms with Crippen LogP contribution in [0, 0.1) is 10.1 Å². The zero-order valence-corrected chi connectivity index (χ0v) is 12.5. The smallest absolute Gasteiger partial charge is 0.332 e. The molecule has 1 aromatic carbocycles. The minimum absolute atomic E-state index is 0.198. The molecular formula is C14H18N2O6. The van der Waals surface area contributed by atoms with Crippen molar-refractivity contribution in [3.8, 4) is 0 Å². The van der Waals surface area contributed by atoms with Crippen molar-refractivity contribution < 1.29 is 24.4 Å². The molecule has 0 radical (unpaired) electrons. The molecule has 0 aliphatic rings. The van der Waals surface area contributed by atoms with E-state index >= 15 is 0 Å². The van der Waals surface area contributed by atoms with Crippen LogP contribution >= 0.6 is 0 Å². The summed E-state index contributed by atoms with van der Waals surface area (Å²) in [6.07, 6.45) is -0.827. The number of nitro groups is 1. The molecule has 0 aliphatic carbocycles. The summed E-state index contributed by atoms with van der Waals surface area (Å²) in [7, 11) is 0. The number of ether oxygens (including phenoxy) is 1. The number of carboxylic acid groups (broad SMARTS) is 1. The second-order valence-corrected chi connectivity index (χ2v) is 5.82. The molecular weight excluding hydrogens is 292 g/mol. The highest BCUT2D eigenvalue weighted by atomic mass is 16.6. The number of hydrogen-bond donors (Lipinski definition) is 2. The molecule has 22 heavy (non-hydrogen) atoms. The van der Waals surface area contributed by atoms with Gasteiger partial charge in [0, 0.05) is 6.07 Å². The third kappa shape index (κ3) is 4.01. The lowest BCUT2D eigenvalue weighted by Crippen LogP contribution is -2.50. The SMILES string of the molecule is CC(C)(C)OC(=O)[C@](N)(CC(=O)O)c1ccccc1[N+](=O)[O-]. The van der Waals surface area contributed by atoms with Crippen LogP contribution in [0.4, 0.5) is 5.69 Å². The molecule has 1 rings (SSSR count). The van der Waals surface area contributed by atoms with Crippen molar-refractivity contribution in [2.45, 2.75) is 38.3 Å². The quantitative estimate of drug-likeness (QED) is 0.479. The average Bonchev–Trinajstić information content (AvgIpc) is 2.35. The van der Waals surface area contributed by atoms with E-state index in [-0.39, 0.29) is 5.56 Å². The van der Waals surface area contributed by atoms with Crippen molar-refractivity contribution in [2.75, 3.05) is 0 Å². The number of hydrogen-bond acceptors (Lipinski definition) is 6. The number of rotatable bonds is 5. The maximum Gasteiger partial charge on any atom is 0.332 e. The van der Waals surface area contributed by atoms with E-state index in [4.69, 9.17) is 15.6 Å². The van der Waals surface area contributed by atoms with Crippen LogP contribution in [0.5, 0.6) is 0 Å². The summed E-state index contributed by atoms with van der Waals surface area (Å²) in [6, 6.07) is 5.25. The second kappa shape index (κ2) is 6.10. The Morgan fingerprint density at radius 2 is 1.86 bits per heavy atom. The van der Waals surface area contributed by atoms with Crippen molar-refractivity contribution in [2.24, 2.45) is 5.73 Å². The first kappa shape index (κ1) is 17.6. The summed E-state index contributed by atoms with van der Waals surface area (Å²) >= 11 is 0. The van der Waals surface area contributed by atoms with Gasteiger partial charge in [0.05, 0.1) is 16.9 Å². The molecule has 0 spiro atoms. The van der Waals surface area contributed by atoms with Crippen LogP contribution in [0.1, 0.15) is 32.8 Å². The third-order valence-corrected chi connectivity index (χ3v) is 2.77. The van der Waals surface area contributed by atoms with Gasteiger partial charge in [0.1, 0.15) is 5.60 Å². The van der Waals surface area contributed by atoms with Gasteiger partial charge in [-0.25, -0.2) is 4.79 Å². The zero-order valence-electron chi connectivity index (χ0n) is 12.5. The Morgan fingerprint density at radius 3 is 2.32 bits per heavy atom. The van der Waals surface area contributed by atoms with Crippen molar-refractivity contribution in [1.82, 2.24) is 0 Å². The Morgan fingerprint density at radius 1 is 1.32 bits per heavy atom. The van der Waals surface area contributed by atoms with Crippen molar-refractivity contribution in [3.05, 3.63) is 39.9 Å². The molecule has 120 valence electrons. The van der Waals surface area contributed by atoms with E-state index < -0.39 is 40.1 Å². The van der Waals surface area contributed by atoms with E-state index in [0.717, 1.165) is 6.07 Å². The lowest BCUT2D eigenvalue weighted by molar-refractivity contribution is -0.386. The lowest BCUT2D eigenvalue weighted by Gasteiger charge is -2.30. The number of benzene rings is 1. The fourth-order valence-electron chi connectivity index (χ4n) is 1.90. The van der Waals surface area contributed by atoms with Gasteiger partial charge in [0.15, 0.2) is 5.54 Å². The Bertz CT molecular complexity index is 608. The third-order valence-electron chi connectivity index (χ3n) is 2.77. The number of esters is 1. The Kier molecular flexibility index (Phi) is 4.87. The van der Waals surface area contributed by atoms with Crippen LogP contribution in [0.2, 0.25) is 0 Å². The highest BCUT2D eigenvalue weighted by Gasteiger charge is 2.45. The molecule has 1 aromatic rings. The van der Waals surface area contributed by atoms with Gasteiger partial charge < -0.3 is 15.6 Å². The van der Waals surface area contributed by atoms with Crippen LogP contribution in [0.25, 0.3) is 0 Å². The van der Waals surface area contributed by atoms with Gasteiger partial charge in [-0.2, -0.15) is 0 Å². The summed E-state index contributed by atoms with van der Waals surface area (Å²) in [5.74, 6) is -2.40. The van der Waals surface area contributed by atoms with Gasteiger partial charge in [0.2, 0.25) is 0 Å². The predicted molar refractivity (Wildman–Crippen MR) is 77.1 cm³/mol. The van der Waals surface area contributed by atoms with Crippen molar-refractivity contribution >= 4 is 17.6 Å². The van der Waals surface area contributed by atoms with Crippen molar-refractivity contribution in [3.63, 3.8) is 0 Å². The summed E-state index contributed by atoms with van der Waals surface area (Å²) in [4.78, 5) is 33.8. The monoisotopic (exact) mass is 310 g/mol. The topological polar surface area (TPSA) is 133 Å². The van der Waals surface area contributed by atoms with Crippen LogP contribution in [-0.4, -0.2) is 27.6 Å². The lowest BCUT2D eigenvalue weighted by atomic mass is 9.86. The van der Waals surface area contributed by atoms with Crippen LogP contribution in [0.3, 0.4) is 0 Å². The number of para-hydroxylation sites is 1. The molecule has 8 nitrogen and oxygen atoms in total. The maximum atomic E-state index is 12.4. The number of nitrogens with two attached hydrogens (primary N) is 1. The molecule has 0 bridgehead atoms. The van der Waals surface area contributed by atoms with Gasteiger partial charge in [-0.15, -0.1) is 0 Å². The molecule has 0 aliphatic heterocycles. The standard InChI is InChI=1S/C14H18N2O6/c1-13(2,3)22-12(19)14(15,8-11(17)18)9-6-4-5-7-10(9)16(20)21/h4-7H,8,15H2,1-3H3,(H,17,18)/t14-/m0/s1. The van der Waals surface area contributed by atoms with E-state index in [0.29, 0.717) is 0 Å². The average molecular weight is 310 g/mol. The second-order valence-electron chi connectivity index (χ2n) is 5.82. The van der Waals surface area contributed by atoms with Gasteiger partial charge in [-0.05, 0) is 26.8 Å². The number of aliphatic carboxylic acids is 1. The predicted octanol–water partition coefficient (Wildman–Crippen LogP) is 1.57. The number of nitrogens with zero attached hydrogens (tertiary/aromatic N) is 1. The van der Waals surface area contributed by atoms with Crippen LogP contribution in [-0.2, 0) is 19.9 Å². The van der Waals surface area contributed by atoms with E-state index in [1.165, 1.54) is 18.2 Å². The molecule has 0 amide bonds. The minimum Gasteiger partial charge on any atom is -0.481 e. The number of carbonyl (C=O) groups excluding carboxylic acids is 1. The summed E-state index contributed by atoms with van der Waals surface area (Å²) in [5, 5.41) is 20.1. The first-order valence-electron chi connectivity index (χ1n) is 6.45. The van der Waals surface area contributed by atoms with Crippen LogP contribution < -0.4 is 5.73 Å². The number of carbonyl (C=O) groups is 2. The normalized spacial score (nSPS) is 14.0. The molecule has 0 heterocycles. The van der Waals surface area contributed by atoms with Crippen molar-refractivity contribution in [1.29, 1.82) is 0 Å². The fraction of sp³-hybridized carbons (Fsp3) is 0.429. The summed E-state index contributed by atoms with van der Waals surface area (Å²) in [6.45, 7) is 4.77. The molecule has 8 heteroatoms. The molecule has 0 unspecified atom stereocenters. The number of nitro benzene ring substituents is 1. The van der Waals surface area contributed by atoms with Gasteiger partial charge in [-0.1, -0.05) is 12.1 Å². The van der Waals surface area contributed by atoms with E-state index in [9.17, 15) is 19.7 Å². The molecule has 0 aromatic heterocycles. The largest absolute Gasteiger partial charge is 0.481 e. The molecule has 0 saturated carbocycles. The molecule has 3 N–H and O–H groups in total. The van der Waals surface area contributed by atoms with Crippen LogP contribution in [0.15, 0.2) is 24.3 Å². The zero-order chi connectivity index (χ0) is 17.1. The Hall–Kier alpha value is -2.48. The molecule has 0 fully saturated rings. The van der Waals surface area contributed by atoms with Gasteiger partial charge >= 0.3 is 11.9 Å². The van der Waals surface area contributed by atoms with E-state index in [1.54, 1.807) is 20.8 Å². The molecule has 0 saturated heterocycles. The summed E-state index contributed by atoms with van der Waals surface area (Å²) < 4.78 is 5.14.